The standard InChI is InChI=1S/C15H17N3O/c1-9-8-12(9)14-17-15(19-18-14)11-4-2-6-13-10(11)5-3-7-16-13/h2,4,6,9,12,16H,3,5,7-8H2,1H3. The van der Waals surface area contributed by atoms with Crippen LogP contribution >= 0.6 is 0 Å². The molecule has 0 bridgehead atoms. The van der Waals surface area contributed by atoms with Crippen LogP contribution in [0.25, 0.3) is 11.5 Å². The normalized spacial score (nSPS) is 24.7. The van der Waals surface area contributed by atoms with Gasteiger partial charge < -0.3 is 9.84 Å². The number of fused-ring (bicyclic) bond motifs is 1. The molecule has 1 aliphatic carbocycles. The fourth-order valence-corrected chi connectivity index (χ4v) is 2.89. The van der Waals surface area contributed by atoms with Crippen LogP contribution in [-0.2, 0) is 6.42 Å². The lowest BCUT2D eigenvalue weighted by atomic mass is 9.97. The van der Waals surface area contributed by atoms with E-state index in [1.165, 1.54) is 17.7 Å². The molecule has 4 rings (SSSR count). The largest absolute Gasteiger partial charge is 0.385 e. The number of anilines is 1. The highest BCUT2D eigenvalue weighted by Gasteiger charge is 2.38. The number of rotatable bonds is 2. The van der Waals surface area contributed by atoms with Gasteiger partial charge in [0.15, 0.2) is 5.82 Å². The molecule has 98 valence electrons. The van der Waals surface area contributed by atoms with Crippen molar-refractivity contribution < 1.29 is 4.52 Å². The van der Waals surface area contributed by atoms with Crippen LogP contribution in [0.4, 0.5) is 5.69 Å². The quantitative estimate of drug-likeness (QED) is 0.895. The first-order chi connectivity index (χ1) is 9.33. The molecule has 4 nitrogen and oxygen atoms in total. The minimum absolute atomic E-state index is 0.509. The lowest BCUT2D eigenvalue weighted by Crippen LogP contribution is -2.12. The van der Waals surface area contributed by atoms with Gasteiger partial charge in [-0.25, -0.2) is 0 Å². The number of benzene rings is 1. The zero-order valence-electron chi connectivity index (χ0n) is 11.0. The van der Waals surface area contributed by atoms with Crippen molar-refractivity contribution in [3.8, 4) is 11.5 Å². The summed E-state index contributed by atoms with van der Waals surface area (Å²) in [4.78, 5) is 4.60. The maximum Gasteiger partial charge on any atom is 0.258 e. The lowest BCUT2D eigenvalue weighted by Gasteiger charge is -2.19. The molecule has 2 aromatic rings. The Bertz CT molecular complexity index is 620. The highest BCUT2D eigenvalue weighted by molar-refractivity contribution is 5.69. The third kappa shape index (κ3) is 1.82. The first-order valence-electron chi connectivity index (χ1n) is 7.02. The minimum atomic E-state index is 0.509. The van der Waals surface area contributed by atoms with Crippen LogP contribution in [0.5, 0.6) is 0 Å². The Morgan fingerprint density at radius 2 is 2.26 bits per heavy atom. The van der Waals surface area contributed by atoms with Gasteiger partial charge in [0.05, 0.1) is 0 Å². The van der Waals surface area contributed by atoms with Crippen molar-refractivity contribution in [2.75, 3.05) is 11.9 Å². The van der Waals surface area contributed by atoms with Crippen LogP contribution in [0.15, 0.2) is 22.7 Å². The van der Waals surface area contributed by atoms with Crippen LogP contribution in [0, 0.1) is 5.92 Å². The van der Waals surface area contributed by atoms with E-state index >= 15 is 0 Å². The molecule has 1 saturated carbocycles. The third-order valence-corrected chi connectivity index (χ3v) is 4.21. The average molecular weight is 255 g/mol. The lowest BCUT2D eigenvalue weighted by molar-refractivity contribution is 0.421. The Balaban J connectivity index is 1.74. The van der Waals surface area contributed by atoms with Crippen molar-refractivity contribution in [2.24, 2.45) is 5.92 Å². The second kappa shape index (κ2) is 4.08. The summed E-state index contributed by atoms with van der Waals surface area (Å²) in [7, 11) is 0. The fourth-order valence-electron chi connectivity index (χ4n) is 2.89. The molecular weight excluding hydrogens is 238 g/mol. The summed E-state index contributed by atoms with van der Waals surface area (Å²) >= 11 is 0. The number of nitrogens with one attached hydrogen (secondary N) is 1. The number of hydrogen-bond donors (Lipinski definition) is 1. The van der Waals surface area contributed by atoms with Crippen LogP contribution in [0.3, 0.4) is 0 Å². The molecule has 4 heteroatoms. The fraction of sp³-hybridized carbons (Fsp3) is 0.467. The minimum Gasteiger partial charge on any atom is -0.385 e. The third-order valence-electron chi connectivity index (χ3n) is 4.21. The van der Waals surface area contributed by atoms with Gasteiger partial charge in [0.25, 0.3) is 5.89 Å². The van der Waals surface area contributed by atoms with E-state index in [1.54, 1.807) is 0 Å². The average Bonchev–Trinajstić information content (AvgIpc) is 3.00. The first kappa shape index (κ1) is 11.0. The Kier molecular flexibility index (Phi) is 2.37. The van der Waals surface area contributed by atoms with Crippen LogP contribution in [-0.4, -0.2) is 16.7 Å². The zero-order valence-corrected chi connectivity index (χ0v) is 11.0. The van der Waals surface area contributed by atoms with Gasteiger partial charge in [-0.3, -0.25) is 0 Å². The van der Waals surface area contributed by atoms with Gasteiger partial charge in [-0.1, -0.05) is 18.1 Å². The summed E-state index contributed by atoms with van der Waals surface area (Å²) in [5.41, 5.74) is 3.62. The highest BCUT2D eigenvalue weighted by Crippen LogP contribution is 2.46. The molecule has 1 N–H and O–H groups in total. The van der Waals surface area contributed by atoms with E-state index in [2.05, 4.69) is 40.6 Å². The van der Waals surface area contributed by atoms with Crippen molar-refractivity contribution in [3.63, 3.8) is 0 Å². The summed E-state index contributed by atoms with van der Waals surface area (Å²) in [6, 6.07) is 6.26. The predicted molar refractivity (Wildman–Crippen MR) is 73.1 cm³/mol. The van der Waals surface area contributed by atoms with Gasteiger partial charge in [0.1, 0.15) is 0 Å². The van der Waals surface area contributed by atoms with Crippen molar-refractivity contribution in [1.82, 2.24) is 10.1 Å². The summed E-state index contributed by atoms with van der Waals surface area (Å²) in [6.45, 7) is 3.28. The van der Waals surface area contributed by atoms with Gasteiger partial charge in [-0.15, -0.1) is 0 Å². The molecule has 19 heavy (non-hydrogen) atoms. The van der Waals surface area contributed by atoms with E-state index in [0.717, 1.165) is 30.8 Å². The van der Waals surface area contributed by atoms with Crippen LogP contribution < -0.4 is 5.32 Å². The molecule has 0 radical (unpaired) electrons. The van der Waals surface area contributed by atoms with Crippen LogP contribution in [0.1, 0.15) is 37.1 Å². The SMILES string of the molecule is CC1CC1c1noc(-c2cccc3c2CCCN3)n1. The molecule has 1 fully saturated rings. The van der Waals surface area contributed by atoms with E-state index in [4.69, 9.17) is 4.52 Å². The van der Waals surface area contributed by atoms with Gasteiger partial charge in [-0.2, -0.15) is 4.98 Å². The first-order valence-corrected chi connectivity index (χ1v) is 7.02. The number of nitrogens with zero attached hydrogens (tertiary/aromatic N) is 2. The van der Waals surface area contributed by atoms with Crippen molar-refractivity contribution >= 4 is 5.69 Å². The molecule has 1 aromatic carbocycles. The molecule has 1 aromatic heterocycles. The van der Waals surface area contributed by atoms with E-state index in [1.807, 2.05) is 0 Å². The smallest absolute Gasteiger partial charge is 0.258 e. The second-order valence-corrected chi connectivity index (χ2v) is 5.64. The Morgan fingerprint density at radius 3 is 3.11 bits per heavy atom. The number of aromatic nitrogens is 2. The second-order valence-electron chi connectivity index (χ2n) is 5.64. The monoisotopic (exact) mass is 255 g/mol. The molecule has 0 saturated heterocycles. The van der Waals surface area contributed by atoms with E-state index in [-0.39, 0.29) is 0 Å². The maximum absolute atomic E-state index is 5.48. The number of hydrogen-bond acceptors (Lipinski definition) is 4. The van der Waals surface area contributed by atoms with Crippen LogP contribution in [0.2, 0.25) is 0 Å². The summed E-state index contributed by atoms with van der Waals surface area (Å²) in [5, 5.41) is 7.58. The molecule has 0 amide bonds. The molecule has 2 unspecified atom stereocenters. The van der Waals surface area contributed by atoms with E-state index in [0.29, 0.717) is 17.7 Å². The molecule has 1 aliphatic heterocycles. The Morgan fingerprint density at radius 1 is 1.37 bits per heavy atom. The van der Waals surface area contributed by atoms with E-state index < -0.39 is 0 Å². The summed E-state index contributed by atoms with van der Waals surface area (Å²) < 4.78 is 5.48. The zero-order chi connectivity index (χ0) is 12.8. The van der Waals surface area contributed by atoms with Crippen molar-refractivity contribution in [2.45, 2.75) is 32.1 Å². The molecule has 2 heterocycles. The van der Waals surface area contributed by atoms with Gasteiger partial charge in [-0.05, 0) is 42.9 Å². The van der Waals surface area contributed by atoms with Gasteiger partial charge in [0, 0.05) is 23.7 Å². The Labute approximate surface area is 112 Å². The Hall–Kier alpha value is -1.84. The van der Waals surface area contributed by atoms with Crippen molar-refractivity contribution in [1.29, 1.82) is 0 Å². The van der Waals surface area contributed by atoms with Gasteiger partial charge >= 0.3 is 0 Å². The predicted octanol–water partition coefficient (Wildman–Crippen LogP) is 3.22. The topological polar surface area (TPSA) is 51.0 Å². The maximum atomic E-state index is 5.48. The molecule has 0 spiro atoms. The summed E-state index contributed by atoms with van der Waals surface area (Å²) in [6.07, 6.45) is 3.42. The van der Waals surface area contributed by atoms with Gasteiger partial charge in [0.2, 0.25) is 0 Å². The van der Waals surface area contributed by atoms with Crippen molar-refractivity contribution in [3.05, 3.63) is 29.6 Å². The highest BCUT2D eigenvalue weighted by atomic mass is 16.5. The van der Waals surface area contributed by atoms with E-state index in [9.17, 15) is 0 Å². The summed E-state index contributed by atoms with van der Waals surface area (Å²) in [5.74, 6) is 2.77. The molecular formula is C15H17N3O. The molecule has 2 atom stereocenters. The molecule has 2 aliphatic rings.